The highest BCUT2D eigenvalue weighted by atomic mass is 32.2. The van der Waals surface area contributed by atoms with E-state index in [4.69, 9.17) is 47.4 Å². The van der Waals surface area contributed by atoms with Gasteiger partial charge < -0.3 is 62.3 Å². The van der Waals surface area contributed by atoms with E-state index < -0.39 is 107 Å². The van der Waals surface area contributed by atoms with E-state index in [2.05, 4.69) is 28.9 Å². The lowest BCUT2D eigenvalue weighted by atomic mass is 9.70. The number of nitrogens with zero attached hydrogens (tertiary/aromatic N) is 3. The molecule has 5 heterocycles. The Morgan fingerprint density at radius 3 is 2.21 bits per heavy atom. The minimum Gasteiger partial charge on any atom is -0.493 e. The molecule has 7 rings (SSSR count). The smallest absolute Gasteiger partial charge is 0.320 e. The van der Waals surface area contributed by atoms with Crippen LogP contribution in [0.3, 0.4) is 0 Å². The van der Waals surface area contributed by atoms with Gasteiger partial charge in [-0.05, 0) is 124 Å². The summed E-state index contributed by atoms with van der Waals surface area (Å²) in [7, 11) is 8.92. The molecule has 1 N–H and O–H groups in total. The third-order valence-electron chi connectivity index (χ3n) is 18.1. The highest BCUT2D eigenvalue weighted by molar-refractivity contribution is 8.00. The lowest BCUT2D eigenvalue weighted by Crippen LogP contribution is -2.59. The SMILES string of the molecule is CC[C@H]1OC(=O)[C@H](C)[C@@H](OC2C[C@@](C)(OC)[C@@H](O)[C@H](C)O2)[C@H](C)[C@@H](OC2C[C@@H](N(C)C)C[C@@H](C)O2)[C@](C)(OC)C[C@@H](C)C(=O)[C@H](C)[C@H]2[C@H](SCCN(Cc3cccnc3)c3ccc(OC)c(OC4CCCC4)c3)C(=O)O[C@@]21C. The summed E-state index contributed by atoms with van der Waals surface area (Å²) >= 11 is 1.46. The molecular weight excluding hydrogens is 1020 g/mol. The monoisotopic (exact) mass is 1110 g/mol. The minimum absolute atomic E-state index is 0.0762. The molecule has 1 aromatic carbocycles. The van der Waals surface area contributed by atoms with E-state index in [0.29, 0.717) is 43.2 Å². The van der Waals surface area contributed by atoms with Gasteiger partial charge in [0.1, 0.15) is 23.2 Å². The Hall–Kier alpha value is -3.59. The van der Waals surface area contributed by atoms with Gasteiger partial charge in [0.15, 0.2) is 29.7 Å². The van der Waals surface area contributed by atoms with Gasteiger partial charge in [-0.25, -0.2) is 0 Å². The van der Waals surface area contributed by atoms with Crippen LogP contribution < -0.4 is 14.4 Å². The third kappa shape index (κ3) is 13.8. The van der Waals surface area contributed by atoms with Crippen LogP contribution in [0.25, 0.3) is 0 Å². The fraction of sp³-hybridized carbons (Fsp3) is 0.767. The van der Waals surface area contributed by atoms with Crippen molar-refractivity contribution in [3.05, 3.63) is 48.3 Å². The molecule has 1 aromatic heterocycles. The van der Waals surface area contributed by atoms with Gasteiger partial charge in [-0.2, -0.15) is 0 Å². The maximum absolute atomic E-state index is 15.4. The number of ether oxygens (including phenoxy) is 10. The Balaban J connectivity index is 1.24. The van der Waals surface area contributed by atoms with Crippen molar-refractivity contribution in [1.82, 2.24) is 9.88 Å². The maximum Gasteiger partial charge on any atom is 0.320 e. The van der Waals surface area contributed by atoms with Crippen molar-refractivity contribution in [3.8, 4) is 11.5 Å². The van der Waals surface area contributed by atoms with Crippen LogP contribution in [0.5, 0.6) is 11.5 Å². The lowest BCUT2D eigenvalue weighted by Gasteiger charge is -2.49. The molecule has 4 saturated heterocycles. The van der Waals surface area contributed by atoms with Crippen molar-refractivity contribution in [1.29, 1.82) is 0 Å². The van der Waals surface area contributed by atoms with Crippen LogP contribution in [0.15, 0.2) is 42.7 Å². The molecule has 2 unspecified atom stereocenters. The number of rotatable bonds is 18. The first-order chi connectivity index (χ1) is 37.0. The van der Waals surface area contributed by atoms with E-state index in [1.165, 1.54) is 11.8 Å². The first-order valence-corrected chi connectivity index (χ1v) is 29.7. The molecule has 0 amide bonds. The number of benzene rings is 1. The van der Waals surface area contributed by atoms with Crippen LogP contribution >= 0.6 is 11.8 Å². The van der Waals surface area contributed by atoms with Crippen LogP contribution in [0.2, 0.25) is 0 Å². The van der Waals surface area contributed by atoms with Crippen molar-refractivity contribution < 1.29 is 66.9 Å². The van der Waals surface area contributed by atoms with E-state index in [0.717, 1.165) is 43.4 Å². The number of Topliss-reactive ketones (excluding diaryl/α,β-unsaturated/α-hetero) is 1. The molecule has 18 atom stereocenters. The van der Waals surface area contributed by atoms with Crippen LogP contribution in [-0.4, -0.2) is 164 Å². The van der Waals surface area contributed by atoms with Gasteiger partial charge >= 0.3 is 11.9 Å². The molecule has 17 nitrogen and oxygen atoms in total. The van der Waals surface area contributed by atoms with Gasteiger partial charge in [-0.15, -0.1) is 11.8 Å². The molecule has 1 saturated carbocycles. The molecule has 0 spiro atoms. The normalized spacial score (nSPS) is 38.3. The second kappa shape index (κ2) is 26.5. The topological polar surface area (TPSA) is 183 Å². The minimum atomic E-state index is -1.40. The molecule has 0 radical (unpaired) electrons. The fourth-order valence-electron chi connectivity index (χ4n) is 13.3. The molecule has 18 heteroatoms. The van der Waals surface area contributed by atoms with Gasteiger partial charge in [-0.1, -0.05) is 33.8 Å². The summed E-state index contributed by atoms with van der Waals surface area (Å²) in [4.78, 5) is 54.1. The summed E-state index contributed by atoms with van der Waals surface area (Å²) < 4.78 is 65.1. The number of aliphatic hydroxyl groups excluding tert-OH is 1. The number of aliphatic hydroxyl groups is 1. The van der Waals surface area contributed by atoms with Crippen LogP contribution in [0.1, 0.15) is 133 Å². The van der Waals surface area contributed by atoms with Gasteiger partial charge in [-0.3, -0.25) is 19.4 Å². The molecular formula is C60H93N3O14S. The highest BCUT2D eigenvalue weighted by Gasteiger charge is 2.62. The van der Waals surface area contributed by atoms with Gasteiger partial charge in [0.2, 0.25) is 0 Å². The molecule has 5 aliphatic rings. The lowest BCUT2D eigenvalue weighted by molar-refractivity contribution is -0.309. The summed E-state index contributed by atoms with van der Waals surface area (Å²) in [5.74, 6) is -2.88. The largest absolute Gasteiger partial charge is 0.493 e. The van der Waals surface area contributed by atoms with Crippen LogP contribution in [0, 0.1) is 29.6 Å². The van der Waals surface area contributed by atoms with Crippen molar-refractivity contribution in [3.63, 3.8) is 0 Å². The van der Waals surface area contributed by atoms with Gasteiger partial charge in [0.25, 0.3) is 0 Å². The van der Waals surface area contributed by atoms with Crippen molar-refractivity contribution in [2.75, 3.05) is 52.6 Å². The van der Waals surface area contributed by atoms with Gasteiger partial charge in [0.05, 0.1) is 54.7 Å². The average molecular weight is 1110 g/mol. The number of cyclic esters (lactones) is 1. The molecule has 438 valence electrons. The number of thioether (sulfide) groups is 1. The number of esters is 2. The van der Waals surface area contributed by atoms with Crippen LogP contribution in [-0.2, 0) is 58.8 Å². The second-order valence-corrected chi connectivity index (χ2v) is 25.2. The predicted octanol–water partition coefficient (Wildman–Crippen LogP) is 8.82. The molecule has 4 aliphatic heterocycles. The Kier molecular flexibility index (Phi) is 21.1. The second-order valence-electron chi connectivity index (χ2n) is 23.9. The van der Waals surface area contributed by atoms with E-state index in [9.17, 15) is 9.90 Å². The zero-order valence-electron chi connectivity index (χ0n) is 49.3. The van der Waals surface area contributed by atoms with Crippen molar-refractivity contribution in [2.45, 2.75) is 217 Å². The van der Waals surface area contributed by atoms with E-state index in [-0.39, 0.29) is 36.9 Å². The summed E-state index contributed by atoms with van der Waals surface area (Å²) in [6.45, 7) is 19.9. The Morgan fingerprint density at radius 2 is 1.56 bits per heavy atom. The summed E-state index contributed by atoms with van der Waals surface area (Å²) in [6, 6.07) is 10.1. The van der Waals surface area contributed by atoms with Crippen molar-refractivity contribution >= 4 is 35.2 Å². The molecule has 1 aliphatic carbocycles. The molecule has 0 bridgehead atoms. The zero-order valence-corrected chi connectivity index (χ0v) is 50.1. The number of aromatic nitrogens is 1. The quantitative estimate of drug-likeness (QED) is 0.140. The number of ketones is 1. The first kappa shape index (κ1) is 62.0. The average Bonchev–Trinajstić information content (AvgIpc) is 4.24. The number of hydrogen-bond acceptors (Lipinski definition) is 18. The van der Waals surface area contributed by atoms with Gasteiger partial charge in [0, 0.05) is 99.8 Å². The van der Waals surface area contributed by atoms with E-state index in [1.807, 2.05) is 91.9 Å². The Labute approximate surface area is 469 Å². The number of anilines is 1. The Bertz CT molecular complexity index is 2290. The number of hydrogen-bond donors (Lipinski definition) is 1. The first-order valence-electron chi connectivity index (χ1n) is 28.6. The number of pyridine rings is 1. The number of fused-ring (bicyclic) bond motifs is 1. The predicted molar refractivity (Wildman–Crippen MR) is 298 cm³/mol. The molecule has 78 heavy (non-hydrogen) atoms. The fourth-order valence-corrected chi connectivity index (χ4v) is 14.8. The highest BCUT2D eigenvalue weighted by Crippen LogP contribution is 2.50. The Morgan fingerprint density at radius 1 is 0.846 bits per heavy atom. The molecule has 2 aromatic rings. The van der Waals surface area contributed by atoms with E-state index in [1.54, 1.807) is 41.4 Å². The standard InChI is InChI=1S/C60H93N3O14S/c1-16-47-60(10)50(53(57(67)77-60)78-27-26-63(34-41-20-19-25-61-33-41)42-23-24-45(68-13)46(29-42)73-44-21-17-18-22-44)37(4)51(64)35(2)31-59(9,70-15)55(76-48-30-43(62(11)12)28-36(3)71-48)38(5)52(39(6)56(66)74-47)75-49-32-58(8,69-14)54(65)40(7)72-49/h19-20,23-25,29,33,35-40,43-44,47-50,52-55,65H,16-18,21-22,26-28,30-32,34H2,1-15H3/t35-,36-,37-,38+,39-,40+,43+,47-,48?,49?,50+,52+,53+,54+,55-,58-,59-,60-/m1/s1. The third-order valence-corrected chi connectivity index (χ3v) is 19.3. The summed E-state index contributed by atoms with van der Waals surface area (Å²) in [5, 5.41) is 10.4. The molecule has 5 fully saturated rings. The van der Waals surface area contributed by atoms with Crippen molar-refractivity contribution in [2.24, 2.45) is 29.6 Å². The van der Waals surface area contributed by atoms with Crippen LogP contribution in [0.4, 0.5) is 5.69 Å². The maximum atomic E-state index is 15.4. The number of methoxy groups -OCH3 is 3. The van der Waals surface area contributed by atoms with E-state index >= 15 is 9.59 Å². The summed E-state index contributed by atoms with van der Waals surface area (Å²) in [5.41, 5.74) is -1.65. The summed E-state index contributed by atoms with van der Waals surface area (Å²) in [6.07, 6.45) is 4.07. The number of carbonyl (C=O) groups is 3. The zero-order chi connectivity index (χ0) is 56.9. The number of carbonyl (C=O) groups excluding carboxylic acids is 3.